The minimum absolute atomic E-state index is 0.240. The highest BCUT2D eigenvalue weighted by Gasteiger charge is 2.18. The molecule has 0 aliphatic rings. The summed E-state index contributed by atoms with van der Waals surface area (Å²) in [5.41, 5.74) is 0.240. The second kappa shape index (κ2) is 5.24. The molecule has 78 valence electrons. The monoisotopic (exact) mass is 219 g/mol. The van der Waals surface area contributed by atoms with Crippen molar-refractivity contribution in [3.8, 4) is 0 Å². The molecule has 0 aromatic carbocycles. The molecule has 0 fully saturated rings. The Morgan fingerprint density at radius 1 is 1.43 bits per heavy atom. The molecule has 1 rings (SSSR count). The van der Waals surface area contributed by atoms with Gasteiger partial charge in [0.25, 0.3) is 0 Å². The van der Waals surface area contributed by atoms with E-state index in [0.717, 1.165) is 6.20 Å². The summed E-state index contributed by atoms with van der Waals surface area (Å²) in [6.07, 6.45) is -0.826. The van der Waals surface area contributed by atoms with E-state index in [1.54, 1.807) is 0 Å². The van der Waals surface area contributed by atoms with Gasteiger partial charge >= 0.3 is 0 Å². The van der Waals surface area contributed by atoms with Crippen LogP contribution in [0, 0.1) is 5.82 Å². The number of aromatic nitrogens is 1. The topological polar surface area (TPSA) is 53.4 Å². The molecule has 1 aromatic heterocycles. The third-order valence-electron chi connectivity index (χ3n) is 1.82. The molecule has 0 radical (unpaired) electrons. The Bertz CT molecular complexity index is 281. The zero-order valence-electron chi connectivity index (χ0n) is 7.40. The number of nitrogens with zero attached hydrogens (tertiary/aromatic N) is 1. The molecule has 0 saturated carbocycles. The highest BCUT2D eigenvalue weighted by molar-refractivity contribution is 6.17. The summed E-state index contributed by atoms with van der Waals surface area (Å²) >= 11 is 5.40. The molecule has 1 aromatic rings. The number of halogens is 2. The van der Waals surface area contributed by atoms with Crippen molar-refractivity contribution in [1.82, 2.24) is 4.98 Å². The van der Waals surface area contributed by atoms with Gasteiger partial charge < -0.3 is 10.2 Å². The van der Waals surface area contributed by atoms with Crippen molar-refractivity contribution in [2.75, 3.05) is 5.88 Å². The molecule has 0 aliphatic carbocycles. The molecule has 2 atom stereocenters. The first-order valence-electron chi connectivity index (χ1n) is 4.18. The fourth-order valence-electron chi connectivity index (χ4n) is 1.03. The number of pyridine rings is 1. The normalized spacial score (nSPS) is 15.1. The molecular formula is C9H11ClFNO2. The Labute approximate surface area is 86.2 Å². The lowest BCUT2D eigenvalue weighted by Crippen LogP contribution is -2.19. The van der Waals surface area contributed by atoms with Crippen LogP contribution >= 0.6 is 11.6 Å². The SMILES string of the molecule is OC(CCCl)C(O)c1ccc(F)cn1. The first-order chi connectivity index (χ1) is 6.65. The highest BCUT2D eigenvalue weighted by Crippen LogP contribution is 2.17. The first kappa shape index (κ1) is 11.4. The van der Waals surface area contributed by atoms with E-state index >= 15 is 0 Å². The third kappa shape index (κ3) is 2.90. The van der Waals surface area contributed by atoms with Crippen LogP contribution in [0.1, 0.15) is 18.2 Å². The zero-order chi connectivity index (χ0) is 10.6. The van der Waals surface area contributed by atoms with Gasteiger partial charge in [-0.25, -0.2) is 4.39 Å². The summed E-state index contributed by atoms with van der Waals surface area (Å²) < 4.78 is 12.5. The third-order valence-corrected chi connectivity index (χ3v) is 2.04. The Morgan fingerprint density at radius 2 is 2.14 bits per heavy atom. The fraction of sp³-hybridized carbons (Fsp3) is 0.444. The number of aliphatic hydroxyl groups excluding tert-OH is 2. The van der Waals surface area contributed by atoms with E-state index in [1.807, 2.05) is 0 Å². The van der Waals surface area contributed by atoms with Gasteiger partial charge in [-0.05, 0) is 18.6 Å². The molecule has 5 heteroatoms. The molecule has 1 heterocycles. The summed E-state index contributed by atoms with van der Waals surface area (Å²) in [5, 5.41) is 18.9. The van der Waals surface area contributed by atoms with Gasteiger partial charge in [-0.15, -0.1) is 11.6 Å². The lowest BCUT2D eigenvalue weighted by atomic mass is 10.1. The quantitative estimate of drug-likeness (QED) is 0.750. The number of aliphatic hydroxyl groups is 2. The Kier molecular flexibility index (Phi) is 4.25. The molecule has 0 amide bonds. The second-order valence-corrected chi connectivity index (χ2v) is 3.27. The lowest BCUT2D eigenvalue weighted by molar-refractivity contribution is 0.0144. The fourth-order valence-corrected chi connectivity index (χ4v) is 1.25. The van der Waals surface area contributed by atoms with Crippen molar-refractivity contribution in [3.63, 3.8) is 0 Å². The van der Waals surface area contributed by atoms with E-state index in [2.05, 4.69) is 4.98 Å². The lowest BCUT2D eigenvalue weighted by Gasteiger charge is -2.15. The maximum Gasteiger partial charge on any atom is 0.141 e. The van der Waals surface area contributed by atoms with Crippen molar-refractivity contribution >= 4 is 11.6 Å². The summed E-state index contributed by atoms with van der Waals surface area (Å²) in [4.78, 5) is 3.65. The summed E-state index contributed by atoms with van der Waals surface area (Å²) in [5.74, 6) is -0.229. The van der Waals surface area contributed by atoms with Crippen molar-refractivity contribution in [2.45, 2.75) is 18.6 Å². The van der Waals surface area contributed by atoms with Crippen LogP contribution in [0.4, 0.5) is 4.39 Å². The Hall–Kier alpha value is -0.710. The van der Waals surface area contributed by atoms with Gasteiger partial charge in [0.15, 0.2) is 0 Å². The van der Waals surface area contributed by atoms with Crippen molar-refractivity contribution in [1.29, 1.82) is 0 Å². The van der Waals surface area contributed by atoms with Crippen molar-refractivity contribution < 1.29 is 14.6 Å². The molecule has 2 unspecified atom stereocenters. The smallest absolute Gasteiger partial charge is 0.141 e. The van der Waals surface area contributed by atoms with Crippen LogP contribution < -0.4 is 0 Å². The average molecular weight is 220 g/mol. The van der Waals surface area contributed by atoms with E-state index in [9.17, 15) is 14.6 Å². The molecule has 0 spiro atoms. The highest BCUT2D eigenvalue weighted by atomic mass is 35.5. The summed E-state index contributed by atoms with van der Waals surface area (Å²) in [6, 6.07) is 2.51. The van der Waals surface area contributed by atoms with Crippen LogP contribution in [0.2, 0.25) is 0 Å². The van der Waals surface area contributed by atoms with Crippen LogP contribution in [0.15, 0.2) is 18.3 Å². The molecule has 14 heavy (non-hydrogen) atoms. The number of alkyl halides is 1. The predicted octanol–water partition coefficient (Wildman–Crippen LogP) is 1.24. The van der Waals surface area contributed by atoms with Crippen LogP contribution in [-0.4, -0.2) is 27.2 Å². The van der Waals surface area contributed by atoms with Gasteiger partial charge in [0.05, 0.1) is 18.0 Å². The Balaban J connectivity index is 2.68. The van der Waals surface area contributed by atoms with E-state index in [4.69, 9.17) is 11.6 Å². The minimum atomic E-state index is -1.12. The van der Waals surface area contributed by atoms with E-state index in [0.29, 0.717) is 0 Å². The average Bonchev–Trinajstić information content (AvgIpc) is 2.18. The van der Waals surface area contributed by atoms with Crippen molar-refractivity contribution in [2.24, 2.45) is 0 Å². The maximum absolute atomic E-state index is 12.5. The van der Waals surface area contributed by atoms with Crippen LogP contribution in [-0.2, 0) is 0 Å². The van der Waals surface area contributed by atoms with Gasteiger partial charge in [0, 0.05) is 5.88 Å². The second-order valence-electron chi connectivity index (χ2n) is 2.89. The van der Waals surface area contributed by atoms with Crippen LogP contribution in [0.5, 0.6) is 0 Å². The zero-order valence-corrected chi connectivity index (χ0v) is 8.15. The van der Waals surface area contributed by atoms with Gasteiger partial charge in [0.1, 0.15) is 11.9 Å². The number of hydrogen-bond acceptors (Lipinski definition) is 3. The molecule has 0 saturated heterocycles. The predicted molar refractivity (Wildman–Crippen MR) is 50.5 cm³/mol. The largest absolute Gasteiger partial charge is 0.390 e. The molecule has 0 bridgehead atoms. The maximum atomic E-state index is 12.5. The van der Waals surface area contributed by atoms with Gasteiger partial charge in [-0.2, -0.15) is 0 Å². The van der Waals surface area contributed by atoms with Crippen molar-refractivity contribution in [3.05, 3.63) is 29.8 Å². The Morgan fingerprint density at radius 3 is 2.64 bits per heavy atom. The number of rotatable bonds is 4. The first-order valence-corrected chi connectivity index (χ1v) is 4.72. The summed E-state index contributed by atoms with van der Waals surface area (Å²) in [7, 11) is 0. The summed E-state index contributed by atoms with van der Waals surface area (Å²) in [6.45, 7) is 0. The molecule has 3 nitrogen and oxygen atoms in total. The van der Waals surface area contributed by atoms with E-state index < -0.39 is 18.0 Å². The van der Waals surface area contributed by atoms with Gasteiger partial charge in [0.2, 0.25) is 0 Å². The molecule has 2 N–H and O–H groups in total. The van der Waals surface area contributed by atoms with Gasteiger partial charge in [-0.1, -0.05) is 0 Å². The van der Waals surface area contributed by atoms with Crippen LogP contribution in [0.25, 0.3) is 0 Å². The number of hydrogen-bond donors (Lipinski definition) is 2. The minimum Gasteiger partial charge on any atom is -0.390 e. The molecule has 0 aliphatic heterocycles. The van der Waals surface area contributed by atoms with E-state index in [-0.39, 0.29) is 18.0 Å². The van der Waals surface area contributed by atoms with Gasteiger partial charge in [-0.3, -0.25) is 4.98 Å². The standard InChI is InChI=1S/C9H11ClFNO2/c10-4-3-8(13)9(14)7-2-1-6(11)5-12-7/h1-2,5,8-9,13-14H,3-4H2. The molecular weight excluding hydrogens is 209 g/mol. The van der Waals surface area contributed by atoms with Crippen LogP contribution in [0.3, 0.4) is 0 Å². The van der Waals surface area contributed by atoms with E-state index in [1.165, 1.54) is 12.1 Å².